The number of fused-ring (bicyclic) bond motifs is 3. The Balaban J connectivity index is 1.19. The number of aryl methyl sites for hydroxylation is 2. The highest BCUT2D eigenvalue weighted by Crippen LogP contribution is 2.49. The Kier molecular flexibility index (Phi) is 8.02. The van der Waals surface area contributed by atoms with E-state index in [9.17, 15) is 32.3 Å². The molecule has 3 aliphatic rings. The number of aromatic nitrogens is 4. The number of ketones is 1. The molecule has 4 heterocycles. The lowest BCUT2D eigenvalue weighted by Gasteiger charge is -2.34. The van der Waals surface area contributed by atoms with E-state index in [0.29, 0.717) is 48.6 Å². The van der Waals surface area contributed by atoms with Crippen LogP contribution in [0.5, 0.6) is 0 Å². The van der Waals surface area contributed by atoms with Gasteiger partial charge in [-0.2, -0.15) is 18.3 Å². The van der Waals surface area contributed by atoms with Crippen LogP contribution >= 0.6 is 0 Å². The van der Waals surface area contributed by atoms with Crippen LogP contribution in [0, 0.1) is 19.8 Å². The van der Waals surface area contributed by atoms with E-state index in [4.69, 9.17) is 4.74 Å². The first-order valence-electron chi connectivity index (χ1n) is 16.4. The summed E-state index contributed by atoms with van der Waals surface area (Å²) in [5, 5.41) is 7.67. The molecular weight excluding hydrogens is 653 g/mol. The molecule has 2 aliphatic carbocycles. The van der Waals surface area contributed by atoms with Crippen molar-refractivity contribution in [3.8, 4) is 11.1 Å². The summed E-state index contributed by atoms with van der Waals surface area (Å²) in [4.78, 5) is 62.6. The number of esters is 1. The Bertz CT molecular complexity index is 2090. The number of nitrogens with zero attached hydrogens (tertiary/aromatic N) is 5. The number of rotatable bonds is 8. The van der Waals surface area contributed by atoms with E-state index in [1.807, 2.05) is 25.1 Å². The first-order valence-corrected chi connectivity index (χ1v) is 16.4. The summed E-state index contributed by atoms with van der Waals surface area (Å²) in [6.45, 7) is 4.55. The van der Waals surface area contributed by atoms with Gasteiger partial charge in [-0.05, 0) is 98.4 Å². The van der Waals surface area contributed by atoms with E-state index < -0.39 is 29.2 Å². The summed E-state index contributed by atoms with van der Waals surface area (Å²) in [6, 6.07) is 6.64. The minimum absolute atomic E-state index is 0.153. The number of methoxy groups -OCH3 is 1. The molecule has 2 amide bonds. The summed E-state index contributed by atoms with van der Waals surface area (Å²) in [5.41, 5.74) is 2.29. The van der Waals surface area contributed by atoms with E-state index in [1.165, 1.54) is 29.7 Å². The van der Waals surface area contributed by atoms with Gasteiger partial charge in [0.15, 0.2) is 5.78 Å². The number of benzene rings is 1. The predicted molar refractivity (Wildman–Crippen MR) is 175 cm³/mol. The molecule has 3 aromatic heterocycles. The fourth-order valence-corrected chi connectivity index (χ4v) is 7.76. The van der Waals surface area contributed by atoms with Gasteiger partial charge in [0.05, 0.1) is 18.0 Å². The number of halogens is 3. The van der Waals surface area contributed by atoms with E-state index in [2.05, 4.69) is 20.4 Å². The summed E-state index contributed by atoms with van der Waals surface area (Å²) in [7, 11) is 1.37. The van der Waals surface area contributed by atoms with Crippen molar-refractivity contribution in [1.82, 2.24) is 24.6 Å². The van der Waals surface area contributed by atoms with Gasteiger partial charge < -0.3 is 15.0 Å². The number of Topliss-reactive ketones (excluding diaryl/α,β-unsaturated/α-hetero) is 1. The molecule has 1 aliphatic heterocycles. The summed E-state index contributed by atoms with van der Waals surface area (Å²) < 4.78 is 46.6. The van der Waals surface area contributed by atoms with E-state index in [1.54, 1.807) is 19.3 Å². The zero-order chi connectivity index (χ0) is 35.7. The third kappa shape index (κ3) is 5.59. The zero-order valence-electron chi connectivity index (χ0n) is 27.9. The molecule has 0 radical (unpaired) electrons. The molecule has 50 heavy (non-hydrogen) atoms. The lowest BCUT2D eigenvalue weighted by molar-refractivity contribution is -0.144. The number of hydrogen-bond donors (Lipinski definition) is 1. The molecule has 2 bridgehead atoms. The highest BCUT2D eigenvalue weighted by atomic mass is 19.4. The van der Waals surface area contributed by atoms with E-state index in [0.717, 1.165) is 28.3 Å². The first kappa shape index (κ1) is 33.4. The average molecular weight is 689 g/mol. The van der Waals surface area contributed by atoms with Crippen molar-refractivity contribution in [2.45, 2.75) is 83.1 Å². The number of hydrogen-bond acceptors (Lipinski definition) is 8. The minimum atomic E-state index is -4.68. The molecule has 0 unspecified atom stereocenters. The number of amides is 2. The molecule has 11 nitrogen and oxygen atoms in total. The summed E-state index contributed by atoms with van der Waals surface area (Å²) >= 11 is 0. The molecular formula is C36H35F3N6O5. The van der Waals surface area contributed by atoms with Crippen molar-refractivity contribution in [3.63, 3.8) is 0 Å². The van der Waals surface area contributed by atoms with Crippen LogP contribution in [-0.2, 0) is 37.3 Å². The molecule has 14 heteroatoms. The number of alkyl halides is 3. The fourth-order valence-electron chi connectivity index (χ4n) is 7.76. The number of ether oxygens (including phenoxy) is 1. The highest BCUT2D eigenvalue weighted by molar-refractivity contribution is 6.07. The van der Waals surface area contributed by atoms with Crippen LogP contribution in [0.2, 0.25) is 0 Å². The van der Waals surface area contributed by atoms with Gasteiger partial charge in [-0.25, -0.2) is 4.98 Å². The van der Waals surface area contributed by atoms with Crippen molar-refractivity contribution >= 4 is 40.3 Å². The number of piperidine rings is 1. The molecule has 3 fully saturated rings. The molecule has 0 spiro atoms. The summed E-state index contributed by atoms with van der Waals surface area (Å²) in [6.07, 6.45) is 2.01. The second kappa shape index (κ2) is 12.0. The van der Waals surface area contributed by atoms with Gasteiger partial charge in [-0.15, -0.1) is 0 Å². The molecule has 260 valence electrons. The molecule has 3 atom stereocenters. The Morgan fingerprint density at radius 3 is 2.46 bits per heavy atom. The normalized spacial score (nSPS) is 20.6. The second-order valence-electron chi connectivity index (χ2n) is 13.6. The van der Waals surface area contributed by atoms with Crippen LogP contribution in [0.25, 0.3) is 22.0 Å². The van der Waals surface area contributed by atoms with Crippen LogP contribution in [0.3, 0.4) is 0 Å². The third-order valence-electron chi connectivity index (χ3n) is 10.4. The number of carbonyl (C=O) groups excluding carboxylic acids is 4. The quantitative estimate of drug-likeness (QED) is 0.188. The zero-order valence-corrected chi connectivity index (χ0v) is 27.9. The number of pyridine rings is 2. The number of carbonyl (C=O) groups is 4. The molecule has 7 rings (SSSR count). The van der Waals surface area contributed by atoms with Gasteiger partial charge in [-0.3, -0.25) is 28.8 Å². The smallest absolute Gasteiger partial charge is 0.433 e. The first-order chi connectivity index (χ1) is 23.7. The predicted octanol–water partition coefficient (Wildman–Crippen LogP) is 5.55. The van der Waals surface area contributed by atoms with Gasteiger partial charge in [0, 0.05) is 36.3 Å². The molecule has 1 saturated heterocycles. The van der Waals surface area contributed by atoms with Crippen molar-refractivity contribution in [1.29, 1.82) is 0 Å². The van der Waals surface area contributed by atoms with Crippen LogP contribution in [-0.4, -0.2) is 67.4 Å². The third-order valence-corrected chi connectivity index (χ3v) is 10.4. The van der Waals surface area contributed by atoms with Crippen molar-refractivity contribution in [3.05, 3.63) is 70.8 Å². The van der Waals surface area contributed by atoms with Crippen molar-refractivity contribution in [2.75, 3.05) is 12.4 Å². The number of anilines is 1. The maximum atomic E-state index is 14.1. The van der Waals surface area contributed by atoms with Gasteiger partial charge in [-0.1, -0.05) is 6.07 Å². The topological polar surface area (TPSA) is 136 Å². The van der Waals surface area contributed by atoms with Crippen LogP contribution in [0.15, 0.2) is 42.7 Å². The Hall–Kier alpha value is -5.14. The summed E-state index contributed by atoms with van der Waals surface area (Å²) in [5.74, 6) is -1.93. The Morgan fingerprint density at radius 1 is 1.02 bits per heavy atom. The van der Waals surface area contributed by atoms with Gasteiger partial charge in [0.1, 0.15) is 29.8 Å². The lowest BCUT2D eigenvalue weighted by Crippen LogP contribution is -2.52. The highest BCUT2D eigenvalue weighted by Gasteiger charge is 2.53. The Labute approximate surface area is 285 Å². The van der Waals surface area contributed by atoms with Gasteiger partial charge in [0.2, 0.25) is 11.8 Å². The molecule has 2 saturated carbocycles. The number of likely N-dealkylation sites (tertiary alicyclic amines) is 1. The lowest BCUT2D eigenvalue weighted by atomic mass is 9.94. The van der Waals surface area contributed by atoms with E-state index >= 15 is 0 Å². The SMILES string of the molecule is COC(=O)C1(c2cncc(-c3cc(C)c4c(c3)c(C(C)=O)nn4CC(=O)N3[C@H]4CC[C@H](C4)[C@H]3C(=O)Nc3nc(C(F)(F)F)ccc3C)c2)CC1. The van der Waals surface area contributed by atoms with Crippen LogP contribution in [0.1, 0.15) is 71.9 Å². The Morgan fingerprint density at radius 2 is 1.78 bits per heavy atom. The maximum absolute atomic E-state index is 14.1. The van der Waals surface area contributed by atoms with Crippen molar-refractivity contribution < 1.29 is 37.1 Å². The maximum Gasteiger partial charge on any atom is 0.433 e. The fraction of sp³-hybridized carbons (Fsp3) is 0.417. The van der Waals surface area contributed by atoms with Gasteiger partial charge >= 0.3 is 12.1 Å². The van der Waals surface area contributed by atoms with Gasteiger partial charge in [0.25, 0.3) is 0 Å². The number of nitrogens with one attached hydrogen (secondary N) is 1. The molecule has 1 N–H and O–H groups in total. The second-order valence-corrected chi connectivity index (χ2v) is 13.6. The van der Waals surface area contributed by atoms with Crippen LogP contribution < -0.4 is 5.32 Å². The molecule has 4 aromatic rings. The molecule has 1 aromatic carbocycles. The minimum Gasteiger partial charge on any atom is -0.468 e. The van der Waals surface area contributed by atoms with Crippen LogP contribution in [0.4, 0.5) is 19.0 Å². The van der Waals surface area contributed by atoms with Crippen molar-refractivity contribution in [2.24, 2.45) is 5.92 Å². The van der Waals surface area contributed by atoms with E-state index in [-0.39, 0.29) is 47.7 Å². The average Bonchev–Trinajstić information content (AvgIpc) is 3.41. The standard InChI is InChI=1S/C36H35F3N6O5/c1-18-5-8-27(36(37,38)39)41-32(18)42-33(48)31-21-6-7-25(13-21)45(31)28(47)17-44-30-19(2)11-22(14-26(30)29(43-44)20(3)46)23-12-24(16-40-15-23)35(9-10-35)34(49)50-4/h5,8,11-12,14-16,21,25,31H,6-7,9-10,13,17H2,1-4H3,(H,41,42,48)/t21-,25+,31+/m1/s1. The largest absolute Gasteiger partial charge is 0.468 e. The monoisotopic (exact) mass is 688 g/mol.